The molecule has 3 aromatic carbocycles. The first-order valence-corrected chi connectivity index (χ1v) is 9.20. The van der Waals surface area contributed by atoms with Crippen molar-refractivity contribution in [3.8, 4) is 0 Å². The highest BCUT2D eigenvalue weighted by molar-refractivity contribution is 7.85. The van der Waals surface area contributed by atoms with Crippen molar-refractivity contribution in [2.45, 2.75) is 22.7 Å². The number of hydrogen-bond donors (Lipinski definition) is 1. The van der Waals surface area contributed by atoms with Crippen LogP contribution in [0, 0.1) is 0 Å². The predicted molar refractivity (Wildman–Crippen MR) is 98.1 cm³/mol. The third kappa shape index (κ3) is 3.99. The molecule has 3 heteroatoms. The third-order valence-corrected chi connectivity index (χ3v) is 5.75. The van der Waals surface area contributed by atoms with Crippen LogP contribution in [0.3, 0.4) is 0 Å². The Morgan fingerprint density at radius 2 is 1.17 bits per heavy atom. The molecule has 0 saturated heterocycles. The monoisotopic (exact) mass is 336 g/mol. The second kappa shape index (κ2) is 8.04. The van der Waals surface area contributed by atoms with Gasteiger partial charge in [-0.25, -0.2) is 0 Å². The molecule has 0 heterocycles. The number of rotatable bonds is 6. The fourth-order valence-electron chi connectivity index (χ4n) is 2.75. The number of benzene rings is 3. The van der Waals surface area contributed by atoms with Gasteiger partial charge in [-0.05, 0) is 29.7 Å². The molecule has 0 saturated carbocycles. The standard InChI is InChI=1S/C21H20O2S/c22-20(17-10-4-1-5-11-17)16-21(18-12-6-2-7-13-18)24(23)19-14-8-3-9-15-19/h1-15,20-22H,16H2/t20-,21+,24-/m0/s1. The summed E-state index contributed by atoms with van der Waals surface area (Å²) in [5.41, 5.74) is 1.83. The van der Waals surface area contributed by atoms with Crippen LogP contribution in [-0.4, -0.2) is 9.32 Å². The lowest BCUT2D eigenvalue weighted by atomic mass is 10.0. The molecule has 24 heavy (non-hydrogen) atoms. The fourth-order valence-corrected chi connectivity index (χ4v) is 4.26. The van der Waals surface area contributed by atoms with Crippen molar-refractivity contribution in [2.24, 2.45) is 0 Å². The molecule has 0 fully saturated rings. The molecule has 0 bridgehead atoms. The Labute approximate surface area is 145 Å². The summed E-state index contributed by atoms with van der Waals surface area (Å²) < 4.78 is 13.1. The topological polar surface area (TPSA) is 37.3 Å². The first-order chi connectivity index (χ1) is 11.8. The lowest BCUT2D eigenvalue weighted by Crippen LogP contribution is -2.12. The van der Waals surface area contributed by atoms with Gasteiger partial charge in [-0.15, -0.1) is 0 Å². The Bertz CT molecular complexity index is 773. The van der Waals surface area contributed by atoms with Crippen molar-refractivity contribution in [3.63, 3.8) is 0 Å². The molecule has 0 aliphatic rings. The normalized spacial score (nSPS) is 14.7. The number of hydrogen-bond acceptors (Lipinski definition) is 2. The molecule has 0 aliphatic heterocycles. The van der Waals surface area contributed by atoms with Gasteiger partial charge in [0, 0.05) is 4.90 Å². The van der Waals surface area contributed by atoms with Gasteiger partial charge >= 0.3 is 0 Å². The lowest BCUT2D eigenvalue weighted by molar-refractivity contribution is 0.166. The molecule has 0 radical (unpaired) electrons. The molecule has 3 rings (SSSR count). The Balaban J connectivity index is 1.90. The lowest BCUT2D eigenvalue weighted by Gasteiger charge is -2.21. The van der Waals surface area contributed by atoms with E-state index in [1.165, 1.54) is 0 Å². The summed E-state index contributed by atoms with van der Waals surface area (Å²) in [6.45, 7) is 0. The highest BCUT2D eigenvalue weighted by Crippen LogP contribution is 2.33. The highest BCUT2D eigenvalue weighted by Gasteiger charge is 2.24. The van der Waals surface area contributed by atoms with Gasteiger partial charge in [0.25, 0.3) is 0 Å². The molecule has 3 aromatic rings. The third-order valence-electron chi connectivity index (χ3n) is 4.03. The second-order valence-corrected chi connectivity index (χ2v) is 7.31. The van der Waals surface area contributed by atoms with Crippen molar-refractivity contribution < 1.29 is 9.32 Å². The van der Waals surface area contributed by atoms with Crippen molar-refractivity contribution >= 4 is 10.8 Å². The van der Waals surface area contributed by atoms with Crippen molar-refractivity contribution in [1.82, 2.24) is 0 Å². The van der Waals surface area contributed by atoms with Crippen molar-refractivity contribution in [3.05, 3.63) is 102 Å². The molecule has 3 atom stereocenters. The van der Waals surface area contributed by atoms with Gasteiger partial charge in [0.1, 0.15) is 0 Å². The molecular formula is C21H20O2S. The van der Waals surface area contributed by atoms with Gasteiger partial charge in [-0.1, -0.05) is 78.9 Å². The summed E-state index contributed by atoms with van der Waals surface area (Å²) in [4.78, 5) is 0.784. The average Bonchev–Trinajstić information content (AvgIpc) is 2.67. The van der Waals surface area contributed by atoms with Crippen molar-refractivity contribution in [1.29, 1.82) is 0 Å². The largest absolute Gasteiger partial charge is 0.388 e. The summed E-state index contributed by atoms with van der Waals surface area (Å²) in [6, 6.07) is 28.8. The van der Waals surface area contributed by atoms with Crippen LogP contribution in [0.1, 0.15) is 28.9 Å². The molecule has 0 aliphatic carbocycles. The minimum atomic E-state index is -1.23. The van der Waals surface area contributed by atoms with Crippen LogP contribution in [0.25, 0.3) is 0 Å². The summed E-state index contributed by atoms with van der Waals surface area (Å²) in [5.74, 6) is 0. The van der Waals surface area contributed by atoms with E-state index in [4.69, 9.17) is 0 Å². The number of aliphatic hydroxyl groups is 1. The van der Waals surface area contributed by atoms with Crippen LogP contribution in [0.5, 0.6) is 0 Å². The molecule has 122 valence electrons. The maximum Gasteiger partial charge on any atom is 0.0804 e. The molecule has 1 N–H and O–H groups in total. The zero-order valence-corrected chi connectivity index (χ0v) is 14.1. The van der Waals surface area contributed by atoms with Gasteiger partial charge < -0.3 is 5.11 Å². The summed E-state index contributed by atoms with van der Waals surface area (Å²) in [6.07, 6.45) is -0.237. The maximum absolute atomic E-state index is 13.1. The first kappa shape index (κ1) is 16.6. The smallest absolute Gasteiger partial charge is 0.0804 e. The van der Waals surface area contributed by atoms with E-state index >= 15 is 0 Å². The fraction of sp³-hybridized carbons (Fsp3) is 0.143. The van der Waals surface area contributed by atoms with Crippen LogP contribution < -0.4 is 0 Å². The minimum Gasteiger partial charge on any atom is -0.388 e. The van der Waals surface area contributed by atoms with E-state index in [-0.39, 0.29) is 5.25 Å². The zero-order chi connectivity index (χ0) is 16.8. The summed E-state index contributed by atoms with van der Waals surface area (Å²) >= 11 is 0. The Morgan fingerprint density at radius 3 is 1.71 bits per heavy atom. The molecule has 2 nitrogen and oxygen atoms in total. The van der Waals surface area contributed by atoms with Gasteiger partial charge in [0.2, 0.25) is 0 Å². The minimum absolute atomic E-state index is 0.260. The van der Waals surface area contributed by atoms with Gasteiger partial charge in [0.15, 0.2) is 0 Å². The zero-order valence-electron chi connectivity index (χ0n) is 13.3. The van der Waals surface area contributed by atoms with Crippen molar-refractivity contribution in [2.75, 3.05) is 0 Å². The number of aliphatic hydroxyl groups excluding tert-OH is 1. The molecular weight excluding hydrogens is 316 g/mol. The van der Waals surface area contributed by atoms with Crippen LogP contribution in [-0.2, 0) is 10.8 Å². The van der Waals surface area contributed by atoms with E-state index < -0.39 is 16.9 Å². The van der Waals surface area contributed by atoms with Crippen LogP contribution in [0.15, 0.2) is 95.9 Å². The average molecular weight is 336 g/mol. The van der Waals surface area contributed by atoms with E-state index in [1.807, 2.05) is 91.0 Å². The molecule has 0 unspecified atom stereocenters. The van der Waals surface area contributed by atoms with E-state index in [0.29, 0.717) is 6.42 Å². The summed E-state index contributed by atoms with van der Waals surface area (Å²) in [5, 5.41) is 10.4. The van der Waals surface area contributed by atoms with E-state index in [9.17, 15) is 9.32 Å². The van der Waals surface area contributed by atoms with Crippen LogP contribution in [0.2, 0.25) is 0 Å². The quantitative estimate of drug-likeness (QED) is 0.711. The molecule has 0 amide bonds. The first-order valence-electron chi connectivity index (χ1n) is 7.99. The van der Waals surface area contributed by atoms with Crippen LogP contribution >= 0.6 is 0 Å². The Hall–Kier alpha value is -2.23. The SMILES string of the molecule is O=[S@@](c1ccccc1)[C@H](C[C@H](O)c1ccccc1)c1ccccc1. The molecule has 0 aromatic heterocycles. The molecule has 0 spiro atoms. The summed E-state index contributed by atoms with van der Waals surface area (Å²) in [7, 11) is -1.23. The van der Waals surface area contributed by atoms with E-state index in [0.717, 1.165) is 16.0 Å². The second-order valence-electron chi connectivity index (χ2n) is 5.67. The van der Waals surface area contributed by atoms with Gasteiger partial charge in [-0.3, -0.25) is 4.21 Å². The van der Waals surface area contributed by atoms with E-state index in [2.05, 4.69) is 0 Å². The van der Waals surface area contributed by atoms with Gasteiger partial charge in [0.05, 0.1) is 22.2 Å². The van der Waals surface area contributed by atoms with Crippen LogP contribution in [0.4, 0.5) is 0 Å². The highest BCUT2D eigenvalue weighted by atomic mass is 32.2. The Morgan fingerprint density at radius 1 is 0.708 bits per heavy atom. The predicted octanol–water partition coefficient (Wildman–Crippen LogP) is 4.66. The van der Waals surface area contributed by atoms with E-state index in [1.54, 1.807) is 0 Å². The van der Waals surface area contributed by atoms with Gasteiger partial charge in [-0.2, -0.15) is 0 Å². The Kier molecular flexibility index (Phi) is 5.57. The maximum atomic E-state index is 13.1.